The number of unbranched alkanes of at least 4 members (excludes halogenated alkanes) is 1. The van der Waals surface area contributed by atoms with E-state index in [0.29, 0.717) is 19.8 Å². The first-order chi connectivity index (χ1) is 16.8. The third-order valence-corrected chi connectivity index (χ3v) is 5.97. The van der Waals surface area contributed by atoms with Crippen LogP contribution in [0.3, 0.4) is 0 Å². The minimum absolute atomic E-state index is 0.604. The van der Waals surface area contributed by atoms with Gasteiger partial charge in [-0.25, -0.2) is 0 Å². The van der Waals surface area contributed by atoms with Crippen molar-refractivity contribution in [3.63, 3.8) is 0 Å². The quantitative estimate of drug-likeness (QED) is 0.171. The van der Waals surface area contributed by atoms with Crippen LogP contribution in [0.4, 0.5) is 0 Å². The maximum atomic E-state index is 6.81. The van der Waals surface area contributed by atoms with Gasteiger partial charge in [0.25, 0.3) is 0 Å². The Kier molecular flexibility index (Phi) is 8.50. The average Bonchev–Trinajstić information content (AvgIpc) is 2.92. The first-order valence-corrected chi connectivity index (χ1v) is 11.8. The Balaban J connectivity index is 1.42. The molecule has 34 heavy (non-hydrogen) atoms. The van der Waals surface area contributed by atoms with Gasteiger partial charge in [-0.1, -0.05) is 103 Å². The molecule has 0 N–H and O–H groups in total. The Morgan fingerprint density at radius 2 is 1.03 bits per heavy atom. The zero-order valence-corrected chi connectivity index (χ0v) is 19.7. The van der Waals surface area contributed by atoms with Crippen molar-refractivity contribution in [1.29, 1.82) is 0 Å². The maximum Gasteiger partial charge on any atom is 0.143 e. The molecule has 0 heterocycles. The summed E-state index contributed by atoms with van der Waals surface area (Å²) in [4.78, 5) is 0. The molecule has 0 aliphatic carbocycles. The second-order valence-electron chi connectivity index (χ2n) is 8.24. The summed E-state index contributed by atoms with van der Waals surface area (Å²) < 4.78 is 17.9. The van der Waals surface area contributed by atoms with Gasteiger partial charge < -0.3 is 14.2 Å². The molecule has 0 amide bonds. The van der Waals surface area contributed by atoms with Crippen LogP contribution in [0.15, 0.2) is 115 Å². The molecule has 0 spiro atoms. The Morgan fingerprint density at radius 3 is 1.50 bits per heavy atom. The molecular weight excluding hydrogens is 420 g/mol. The number of methoxy groups -OCH3 is 1. The zero-order valence-electron chi connectivity index (χ0n) is 19.7. The van der Waals surface area contributed by atoms with Crippen molar-refractivity contribution in [2.24, 2.45) is 0 Å². The van der Waals surface area contributed by atoms with E-state index in [1.54, 1.807) is 7.11 Å². The summed E-state index contributed by atoms with van der Waals surface area (Å²) in [6.07, 6.45) is 1.85. The van der Waals surface area contributed by atoms with Gasteiger partial charge in [-0.2, -0.15) is 0 Å². The third-order valence-electron chi connectivity index (χ3n) is 5.97. The molecule has 4 rings (SSSR count). The standard InChI is InChI=1S/C31H32O3/c1-32-30-21-19-26(20-22-30)25-33-23-11-12-24-34-31(27-13-5-2-6-14-27,28-15-7-3-8-16-28)29-17-9-4-10-18-29/h2-10,13-22H,11-12,23-25H2,1H3. The van der Waals surface area contributed by atoms with E-state index in [4.69, 9.17) is 14.2 Å². The van der Waals surface area contributed by atoms with Gasteiger partial charge in [-0.05, 0) is 47.2 Å². The van der Waals surface area contributed by atoms with Gasteiger partial charge in [-0.15, -0.1) is 0 Å². The number of rotatable bonds is 12. The first-order valence-electron chi connectivity index (χ1n) is 11.8. The van der Waals surface area contributed by atoms with Gasteiger partial charge in [0, 0.05) is 13.2 Å². The molecule has 0 radical (unpaired) electrons. The Morgan fingerprint density at radius 1 is 0.559 bits per heavy atom. The molecule has 0 atom stereocenters. The van der Waals surface area contributed by atoms with E-state index < -0.39 is 5.60 Å². The van der Waals surface area contributed by atoms with E-state index in [2.05, 4.69) is 72.8 Å². The minimum atomic E-state index is -0.659. The Bertz CT molecular complexity index is 997. The van der Waals surface area contributed by atoms with Gasteiger partial charge in [0.15, 0.2) is 0 Å². The third kappa shape index (κ3) is 5.74. The van der Waals surface area contributed by atoms with Crippen LogP contribution in [0.2, 0.25) is 0 Å². The van der Waals surface area contributed by atoms with E-state index >= 15 is 0 Å². The molecule has 4 aromatic rings. The van der Waals surface area contributed by atoms with Crippen molar-refractivity contribution >= 4 is 0 Å². The van der Waals surface area contributed by atoms with Crippen LogP contribution in [0.25, 0.3) is 0 Å². The number of benzene rings is 4. The molecule has 174 valence electrons. The van der Waals surface area contributed by atoms with E-state index in [1.807, 2.05) is 42.5 Å². The van der Waals surface area contributed by atoms with Crippen molar-refractivity contribution in [2.75, 3.05) is 20.3 Å². The molecule has 0 unspecified atom stereocenters. The predicted molar refractivity (Wildman–Crippen MR) is 137 cm³/mol. The van der Waals surface area contributed by atoms with Crippen LogP contribution in [0.5, 0.6) is 5.75 Å². The van der Waals surface area contributed by atoms with Crippen LogP contribution in [-0.2, 0) is 21.7 Å². The molecule has 4 aromatic carbocycles. The Labute approximate surface area is 202 Å². The lowest BCUT2D eigenvalue weighted by Crippen LogP contribution is -2.33. The molecule has 0 fully saturated rings. The first kappa shape index (κ1) is 23.7. The molecule has 0 aliphatic rings. The van der Waals surface area contributed by atoms with E-state index in [1.165, 1.54) is 0 Å². The zero-order chi connectivity index (χ0) is 23.5. The summed E-state index contributed by atoms with van der Waals surface area (Å²) >= 11 is 0. The van der Waals surface area contributed by atoms with E-state index in [9.17, 15) is 0 Å². The lowest BCUT2D eigenvalue weighted by molar-refractivity contribution is 0.00695. The molecule has 0 bridgehead atoms. The molecule has 0 aromatic heterocycles. The fourth-order valence-corrected chi connectivity index (χ4v) is 4.21. The summed E-state index contributed by atoms with van der Waals surface area (Å²) in [5, 5.41) is 0. The maximum absolute atomic E-state index is 6.81. The van der Waals surface area contributed by atoms with Crippen LogP contribution in [0, 0.1) is 0 Å². The van der Waals surface area contributed by atoms with Gasteiger partial charge >= 0.3 is 0 Å². The largest absolute Gasteiger partial charge is 0.497 e. The smallest absolute Gasteiger partial charge is 0.143 e. The Hall–Kier alpha value is -3.40. The minimum Gasteiger partial charge on any atom is -0.497 e. The van der Waals surface area contributed by atoms with Crippen LogP contribution >= 0.6 is 0 Å². The molecule has 3 nitrogen and oxygen atoms in total. The summed E-state index contributed by atoms with van der Waals surface area (Å²) in [5.41, 5.74) is 3.87. The SMILES string of the molecule is COc1ccc(COCCCCOC(c2ccccc2)(c2ccccc2)c2ccccc2)cc1. The van der Waals surface area contributed by atoms with Crippen molar-refractivity contribution in [3.8, 4) is 5.75 Å². The summed E-state index contributed by atoms with van der Waals surface area (Å²) in [5.74, 6) is 0.861. The van der Waals surface area contributed by atoms with Gasteiger partial charge in [0.1, 0.15) is 11.4 Å². The average molecular weight is 453 g/mol. The monoisotopic (exact) mass is 452 g/mol. The molecule has 0 saturated carbocycles. The highest BCUT2D eigenvalue weighted by Gasteiger charge is 2.37. The van der Waals surface area contributed by atoms with Gasteiger partial charge in [0.05, 0.1) is 13.7 Å². The van der Waals surface area contributed by atoms with Crippen molar-refractivity contribution in [2.45, 2.75) is 25.0 Å². The van der Waals surface area contributed by atoms with Gasteiger partial charge in [0.2, 0.25) is 0 Å². The number of hydrogen-bond donors (Lipinski definition) is 0. The topological polar surface area (TPSA) is 27.7 Å². The van der Waals surface area contributed by atoms with Crippen LogP contribution in [-0.4, -0.2) is 20.3 Å². The second-order valence-corrected chi connectivity index (χ2v) is 8.24. The van der Waals surface area contributed by atoms with Crippen LogP contribution < -0.4 is 4.74 Å². The van der Waals surface area contributed by atoms with Crippen molar-refractivity contribution < 1.29 is 14.2 Å². The van der Waals surface area contributed by atoms with E-state index in [-0.39, 0.29) is 0 Å². The molecule has 0 aliphatic heterocycles. The normalized spacial score (nSPS) is 11.3. The number of ether oxygens (including phenoxy) is 3. The lowest BCUT2D eigenvalue weighted by atomic mass is 9.80. The van der Waals surface area contributed by atoms with E-state index in [0.717, 1.165) is 40.8 Å². The summed E-state index contributed by atoms with van der Waals surface area (Å²) in [7, 11) is 1.68. The van der Waals surface area contributed by atoms with Gasteiger partial charge in [-0.3, -0.25) is 0 Å². The fraction of sp³-hybridized carbons (Fsp3) is 0.226. The summed E-state index contributed by atoms with van der Waals surface area (Å²) in [6, 6.07) is 39.5. The predicted octanol–water partition coefficient (Wildman–Crippen LogP) is 7.00. The molecule has 0 saturated heterocycles. The fourth-order valence-electron chi connectivity index (χ4n) is 4.21. The van der Waals surface area contributed by atoms with Crippen LogP contribution in [0.1, 0.15) is 35.1 Å². The van der Waals surface area contributed by atoms with Crippen molar-refractivity contribution in [1.82, 2.24) is 0 Å². The second kappa shape index (κ2) is 12.2. The molecular formula is C31H32O3. The molecule has 3 heteroatoms. The summed E-state index contributed by atoms with van der Waals surface area (Å²) in [6.45, 7) is 1.93. The highest BCUT2D eigenvalue weighted by molar-refractivity contribution is 5.47. The number of hydrogen-bond acceptors (Lipinski definition) is 3. The van der Waals surface area contributed by atoms with Crippen molar-refractivity contribution in [3.05, 3.63) is 138 Å². The highest BCUT2D eigenvalue weighted by atomic mass is 16.5. The lowest BCUT2D eigenvalue weighted by Gasteiger charge is -2.36. The highest BCUT2D eigenvalue weighted by Crippen LogP contribution is 2.40.